The molecule has 136 valence electrons. The zero-order valence-electron chi connectivity index (χ0n) is 16.1. The van der Waals surface area contributed by atoms with E-state index in [-0.39, 0.29) is 17.2 Å². The molecule has 27 heavy (non-hydrogen) atoms. The highest BCUT2D eigenvalue weighted by molar-refractivity contribution is 5.98. The maximum absolute atomic E-state index is 13.2. The van der Waals surface area contributed by atoms with Gasteiger partial charge in [0, 0.05) is 11.1 Å². The quantitative estimate of drug-likeness (QED) is 0.652. The molecule has 0 heterocycles. The fraction of sp³-hybridized carbons (Fsp3) is 0.240. The Hall–Kier alpha value is -2.87. The first-order valence-electron chi connectivity index (χ1n) is 9.52. The highest BCUT2D eigenvalue weighted by Gasteiger charge is 2.60. The molecule has 2 heteroatoms. The average molecular weight is 355 g/mol. The lowest BCUT2D eigenvalue weighted by atomic mass is 9.85. The lowest BCUT2D eigenvalue weighted by Gasteiger charge is -2.20. The number of carbonyl (C=O) groups is 1. The van der Waals surface area contributed by atoms with E-state index in [4.69, 9.17) is 0 Å². The summed E-state index contributed by atoms with van der Waals surface area (Å²) in [6.07, 6.45) is 0.844. The fourth-order valence-electron chi connectivity index (χ4n) is 4.44. The molecule has 4 rings (SSSR count). The molecule has 2 nitrogen and oxygen atoms in total. The Bertz CT molecular complexity index is 913. The Morgan fingerprint density at radius 3 is 1.81 bits per heavy atom. The highest BCUT2D eigenvalue weighted by Crippen LogP contribution is 2.59. The van der Waals surface area contributed by atoms with Crippen LogP contribution in [0.1, 0.15) is 34.2 Å². The summed E-state index contributed by atoms with van der Waals surface area (Å²) in [5.74, 6) is 0.0557. The number of amides is 1. The summed E-state index contributed by atoms with van der Waals surface area (Å²) in [5, 5.41) is 3.22. The van der Waals surface area contributed by atoms with Crippen LogP contribution in [0.3, 0.4) is 0 Å². The molecule has 0 unspecified atom stereocenters. The monoisotopic (exact) mass is 355 g/mol. The van der Waals surface area contributed by atoms with Crippen molar-refractivity contribution in [1.29, 1.82) is 0 Å². The molecule has 1 fully saturated rings. The standard InChI is InChI=1S/C25H25NO/c1-17-14-18(2)23(19(3)15-17)26-24(27)22-16-25(22,20-10-6-4-7-11-20)21-12-8-5-9-13-21/h4-15,22H,16H2,1-3H3,(H,26,27)/t22-/m0/s1. The van der Waals surface area contributed by atoms with Crippen molar-refractivity contribution in [2.75, 3.05) is 5.32 Å². The normalized spacial score (nSPS) is 17.4. The van der Waals surface area contributed by atoms with Crippen LogP contribution in [0.4, 0.5) is 5.69 Å². The molecule has 3 aromatic carbocycles. The van der Waals surface area contributed by atoms with Crippen LogP contribution in [-0.4, -0.2) is 5.91 Å². The predicted molar refractivity (Wildman–Crippen MR) is 111 cm³/mol. The SMILES string of the molecule is Cc1cc(C)c(NC(=O)[C@@H]2CC2(c2ccccc2)c2ccccc2)c(C)c1. The lowest BCUT2D eigenvalue weighted by Crippen LogP contribution is -2.23. The van der Waals surface area contributed by atoms with Crippen LogP contribution in [-0.2, 0) is 10.2 Å². The molecule has 3 aromatic rings. The Labute approximate surface area is 161 Å². The average Bonchev–Trinajstić information content (AvgIpc) is 3.43. The van der Waals surface area contributed by atoms with Crippen molar-refractivity contribution in [1.82, 2.24) is 0 Å². The molecule has 0 bridgehead atoms. The number of rotatable bonds is 4. The van der Waals surface area contributed by atoms with Crippen molar-refractivity contribution in [3.63, 3.8) is 0 Å². The predicted octanol–water partition coefficient (Wildman–Crippen LogP) is 5.56. The van der Waals surface area contributed by atoms with Crippen molar-refractivity contribution in [2.45, 2.75) is 32.6 Å². The molecular formula is C25H25NO. The fourth-order valence-corrected chi connectivity index (χ4v) is 4.44. The van der Waals surface area contributed by atoms with E-state index in [0.29, 0.717) is 0 Å². The number of hydrogen-bond donors (Lipinski definition) is 1. The van der Waals surface area contributed by atoms with Crippen LogP contribution in [0.5, 0.6) is 0 Å². The summed E-state index contributed by atoms with van der Waals surface area (Å²) < 4.78 is 0. The minimum atomic E-state index is -0.223. The van der Waals surface area contributed by atoms with Crippen molar-refractivity contribution >= 4 is 11.6 Å². The molecule has 0 spiro atoms. The van der Waals surface area contributed by atoms with Gasteiger partial charge in [0.2, 0.25) is 5.91 Å². The molecule has 1 amide bonds. The minimum absolute atomic E-state index is 0.0533. The number of anilines is 1. The van der Waals surface area contributed by atoms with Gasteiger partial charge in [-0.2, -0.15) is 0 Å². The summed E-state index contributed by atoms with van der Waals surface area (Å²) in [6.45, 7) is 6.20. The van der Waals surface area contributed by atoms with E-state index in [1.165, 1.54) is 16.7 Å². The van der Waals surface area contributed by atoms with Crippen LogP contribution in [0, 0.1) is 26.7 Å². The second-order valence-corrected chi connectivity index (χ2v) is 7.72. The van der Waals surface area contributed by atoms with E-state index in [1.807, 2.05) is 12.1 Å². The maximum Gasteiger partial charge on any atom is 0.228 e. The van der Waals surface area contributed by atoms with E-state index < -0.39 is 0 Å². The van der Waals surface area contributed by atoms with Crippen molar-refractivity contribution in [2.24, 2.45) is 5.92 Å². The molecule has 0 saturated heterocycles. The Balaban J connectivity index is 1.67. The van der Waals surface area contributed by atoms with E-state index >= 15 is 0 Å². The molecule has 1 N–H and O–H groups in total. The first-order chi connectivity index (χ1) is 13.0. The van der Waals surface area contributed by atoms with Crippen LogP contribution in [0.15, 0.2) is 72.8 Å². The summed E-state index contributed by atoms with van der Waals surface area (Å²) >= 11 is 0. The van der Waals surface area contributed by atoms with Crippen molar-refractivity contribution < 1.29 is 4.79 Å². The van der Waals surface area contributed by atoms with Gasteiger partial charge in [-0.15, -0.1) is 0 Å². The lowest BCUT2D eigenvalue weighted by molar-refractivity contribution is -0.117. The van der Waals surface area contributed by atoms with E-state index in [0.717, 1.165) is 23.2 Å². The summed E-state index contributed by atoms with van der Waals surface area (Å²) in [5.41, 5.74) is 6.62. The molecule has 1 aliphatic carbocycles. The molecule has 1 saturated carbocycles. The number of hydrogen-bond acceptors (Lipinski definition) is 1. The van der Waals surface area contributed by atoms with Gasteiger partial charge in [0.1, 0.15) is 0 Å². The minimum Gasteiger partial charge on any atom is -0.325 e. The topological polar surface area (TPSA) is 29.1 Å². The van der Waals surface area contributed by atoms with Gasteiger partial charge in [-0.25, -0.2) is 0 Å². The third-order valence-corrected chi connectivity index (χ3v) is 5.78. The van der Waals surface area contributed by atoms with Gasteiger partial charge in [0.05, 0.1) is 5.92 Å². The van der Waals surface area contributed by atoms with Gasteiger partial charge >= 0.3 is 0 Å². The molecule has 0 aromatic heterocycles. The summed E-state index contributed by atoms with van der Waals surface area (Å²) in [4.78, 5) is 13.2. The largest absolute Gasteiger partial charge is 0.325 e. The zero-order chi connectivity index (χ0) is 19.0. The van der Waals surface area contributed by atoms with Crippen LogP contribution < -0.4 is 5.32 Å². The van der Waals surface area contributed by atoms with Gasteiger partial charge < -0.3 is 5.32 Å². The van der Waals surface area contributed by atoms with Gasteiger partial charge in [-0.1, -0.05) is 78.4 Å². The van der Waals surface area contributed by atoms with E-state index in [1.54, 1.807) is 0 Å². The number of benzene rings is 3. The Morgan fingerprint density at radius 2 is 1.33 bits per heavy atom. The molecule has 0 radical (unpaired) electrons. The number of aryl methyl sites for hydroxylation is 3. The second-order valence-electron chi connectivity index (χ2n) is 7.72. The van der Waals surface area contributed by atoms with Crippen LogP contribution in [0.2, 0.25) is 0 Å². The van der Waals surface area contributed by atoms with E-state index in [2.05, 4.69) is 86.8 Å². The Morgan fingerprint density at radius 1 is 0.852 bits per heavy atom. The van der Waals surface area contributed by atoms with Gasteiger partial charge in [-0.05, 0) is 49.4 Å². The second kappa shape index (κ2) is 6.70. The molecule has 1 aliphatic rings. The molecule has 1 atom stereocenters. The Kier molecular flexibility index (Phi) is 4.35. The van der Waals surface area contributed by atoms with Gasteiger partial charge in [0.25, 0.3) is 0 Å². The third kappa shape index (κ3) is 3.06. The van der Waals surface area contributed by atoms with Crippen LogP contribution in [0.25, 0.3) is 0 Å². The van der Waals surface area contributed by atoms with Gasteiger partial charge in [0.15, 0.2) is 0 Å². The van der Waals surface area contributed by atoms with Crippen LogP contribution >= 0.6 is 0 Å². The molecular weight excluding hydrogens is 330 g/mol. The molecule has 0 aliphatic heterocycles. The summed E-state index contributed by atoms with van der Waals surface area (Å²) in [7, 11) is 0. The first kappa shape index (κ1) is 17.5. The highest BCUT2D eigenvalue weighted by atomic mass is 16.2. The van der Waals surface area contributed by atoms with Crippen molar-refractivity contribution in [3.05, 3.63) is 101 Å². The summed E-state index contributed by atoms with van der Waals surface area (Å²) in [6, 6.07) is 25.1. The number of carbonyl (C=O) groups excluding carboxylic acids is 1. The first-order valence-corrected chi connectivity index (χ1v) is 9.52. The van der Waals surface area contributed by atoms with E-state index in [9.17, 15) is 4.79 Å². The smallest absolute Gasteiger partial charge is 0.228 e. The zero-order valence-corrected chi connectivity index (χ0v) is 16.1. The van der Waals surface area contributed by atoms with Gasteiger partial charge in [-0.3, -0.25) is 4.79 Å². The number of nitrogens with one attached hydrogen (secondary N) is 1. The van der Waals surface area contributed by atoms with Crippen molar-refractivity contribution in [3.8, 4) is 0 Å². The third-order valence-electron chi connectivity index (χ3n) is 5.78. The maximum atomic E-state index is 13.2.